The lowest BCUT2D eigenvalue weighted by Crippen LogP contribution is -2.51. The van der Waals surface area contributed by atoms with Crippen molar-refractivity contribution in [3.63, 3.8) is 0 Å². The molecule has 0 aromatic heterocycles. The van der Waals surface area contributed by atoms with Crippen molar-refractivity contribution in [1.82, 2.24) is 0 Å². The molecule has 0 aliphatic carbocycles. The molecule has 2 aliphatic heterocycles. The summed E-state index contributed by atoms with van der Waals surface area (Å²) in [6.07, 6.45) is 8.27. The molecule has 5 rings (SSSR count). The van der Waals surface area contributed by atoms with Gasteiger partial charge in [0, 0.05) is 31.7 Å². The van der Waals surface area contributed by atoms with Gasteiger partial charge in [0.25, 0.3) is 0 Å². The van der Waals surface area contributed by atoms with Crippen molar-refractivity contribution in [3.8, 4) is 0 Å². The van der Waals surface area contributed by atoms with Crippen LogP contribution in [-0.2, 0) is 10.2 Å². The Hall–Kier alpha value is -3.20. The Kier molecular flexibility index (Phi) is 3.79. The molecule has 0 saturated heterocycles. The van der Waals surface area contributed by atoms with Crippen molar-refractivity contribution in [2.45, 2.75) is 25.0 Å². The van der Waals surface area contributed by atoms with Crippen molar-refractivity contribution in [2.75, 3.05) is 23.9 Å². The molecular formula is C26H26N2O. The van der Waals surface area contributed by atoms with Gasteiger partial charge in [-0.05, 0) is 60.0 Å². The molecular weight excluding hydrogens is 356 g/mol. The van der Waals surface area contributed by atoms with E-state index in [9.17, 15) is 0 Å². The maximum atomic E-state index is 6.35. The summed E-state index contributed by atoms with van der Waals surface area (Å²) in [5.41, 5.74) is 4.12. The average molecular weight is 383 g/mol. The SMILES string of the molecule is CN(C)c1ccc(C=CC23OC=CN2c2ccc4ccccc4c2C3(C)C)cc1. The molecule has 2 heterocycles. The zero-order valence-electron chi connectivity index (χ0n) is 17.4. The quantitative estimate of drug-likeness (QED) is 0.560. The first-order valence-electron chi connectivity index (χ1n) is 10.1. The van der Waals surface area contributed by atoms with E-state index < -0.39 is 5.72 Å². The highest BCUT2D eigenvalue weighted by molar-refractivity contribution is 5.94. The number of ether oxygens (including phenoxy) is 1. The van der Waals surface area contributed by atoms with Crippen LogP contribution in [0.15, 0.2) is 79.2 Å². The number of benzene rings is 3. The molecule has 3 aromatic carbocycles. The summed E-state index contributed by atoms with van der Waals surface area (Å²) in [5, 5.41) is 2.56. The van der Waals surface area contributed by atoms with Crippen LogP contribution in [-0.4, -0.2) is 19.8 Å². The van der Waals surface area contributed by atoms with Gasteiger partial charge in [-0.2, -0.15) is 0 Å². The zero-order valence-corrected chi connectivity index (χ0v) is 17.4. The van der Waals surface area contributed by atoms with Crippen molar-refractivity contribution >= 4 is 28.2 Å². The Morgan fingerprint density at radius 3 is 2.45 bits per heavy atom. The molecule has 3 aromatic rings. The fraction of sp³-hybridized carbons (Fsp3) is 0.231. The van der Waals surface area contributed by atoms with E-state index in [2.05, 4.69) is 117 Å². The summed E-state index contributed by atoms with van der Waals surface area (Å²) in [7, 11) is 4.12. The maximum Gasteiger partial charge on any atom is 0.215 e. The van der Waals surface area contributed by atoms with Gasteiger partial charge in [0.2, 0.25) is 5.72 Å². The second-order valence-corrected chi connectivity index (χ2v) is 8.59. The van der Waals surface area contributed by atoms with Crippen LogP contribution in [0.5, 0.6) is 0 Å². The summed E-state index contributed by atoms with van der Waals surface area (Å²) < 4.78 is 6.35. The van der Waals surface area contributed by atoms with Crippen LogP contribution >= 0.6 is 0 Å². The Morgan fingerprint density at radius 1 is 0.931 bits per heavy atom. The van der Waals surface area contributed by atoms with Crippen molar-refractivity contribution < 1.29 is 4.74 Å². The lowest BCUT2D eigenvalue weighted by molar-refractivity contribution is 0.0391. The highest BCUT2D eigenvalue weighted by Gasteiger charge is 2.59. The van der Waals surface area contributed by atoms with Gasteiger partial charge in [0.05, 0.1) is 5.41 Å². The maximum absolute atomic E-state index is 6.35. The number of anilines is 2. The third kappa shape index (κ3) is 2.43. The van der Waals surface area contributed by atoms with Gasteiger partial charge < -0.3 is 14.5 Å². The highest BCUT2D eigenvalue weighted by Crippen LogP contribution is 2.57. The summed E-state index contributed by atoms with van der Waals surface area (Å²) in [6.45, 7) is 4.56. The first-order valence-corrected chi connectivity index (χ1v) is 10.1. The molecule has 0 amide bonds. The van der Waals surface area contributed by atoms with Crippen LogP contribution < -0.4 is 9.80 Å². The summed E-state index contributed by atoms with van der Waals surface area (Å²) >= 11 is 0. The molecule has 0 saturated carbocycles. The molecule has 1 atom stereocenters. The van der Waals surface area contributed by atoms with Gasteiger partial charge in [-0.15, -0.1) is 0 Å². The normalized spacial score (nSPS) is 21.4. The standard InChI is InChI=1S/C26H26N2O/c1-25(2)24-22-8-6-5-7-20(22)11-14-23(24)28-17-18-29-26(25,28)16-15-19-9-12-21(13-10-19)27(3)4/h5-18H,1-4H3. The summed E-state index contributed by atoms with van der Waals surface area (Å²) in [4.78, 5) is 4.39. The van der Waals surface area contributed by atoms with E-state index in [-0.39, 0.29) is 5.41 Å². The molecule has 0 fully saturated rings. The largest absolute Gasteiger partial charge is 0.469 e. The topological polar surface area (TPSA) is 15.7 Å². The van der Waals surface area contributed by atoms with E-state index in [1.165, 1.54) is 27.7 Å². The monoisotopic (exact) mass is 382 g/mol. The molecule has 0 spiro atoms. The van der Waals surface area contributed by atoms with Crippen molar-refractivity contribution in [3.05, 3.63) is 90.3 Å². The molecule has 29 heavy (non-hydrogen) atoms. The first-order chi connectivity index (χ1) is 13.9. The molecule has 0 radical (unpaired) electrons. The van der Waals surface area contributed by atoms with E-state index in [0.717, 1.165) is 5.56 Å². The van der Waals surface area contributed by atoms with Gasteiger partial charge in [-0.1, -0.05) is 48.5 Å². The highest BCUT2D eigenvalue weighted by atomic mass is 16.5. The van der Waals surface area contributed by atoms with Gasteiger partial charge in [0.1, 0.15) is 6.26 Å². The predicted octanol–water partition coefficient (Wildman–Crippen LogP) is 5.91. The fourth-order valence-electron chi connectivity index (χ4n) is 4.79. The summed E-state index contributed by atoms with van der Waals surface area (Å²) in [5.74, 6) is 0. The average Bonchev–Trinajstić information content (AvgIpc) is 3.23. The number of rotatable bonds is 3. The minimum atomic E-state index is -0.570. The molecule has 1 unspecified atom stereocenters. The zero-order chi connectivity index (χ0) is 20.2. The van der Waals surface area contributed by atoms with Crippen LogP contribution in [0, 0.1) is 0 Å². The van der Waals surface area contributed by atoms with Crippen LogP contribution in [0.4, 0.5) is 11.4 Å². The molecule has 2 aliphatic rings. The first kappa shape index (κ1) is 17.9. The lowest BCUT2D eigenvalue weighted by atomic mass is 9.75. The Labute approximate surface area is 172 Å². The molecule has 3 nitrogen and oxygen atoms in total. The minimum absolute atomic E-state index is 0.229. The Bertz CT molecular complexity index is 1140. The number of nitrogens with zero attached hydrogens (tertiary/aromatic N) is 2. The van der Waals surface area contributed by atoms with E-state index in [4.69, 9.17) is 4.74 Å². The predicted molar refractivity (Wildman–Crippen MR) is 122 cm³/mol. The molecule has 0 bridgehead atoms. The molecule has 3 heteroatoms. The van der Waals surface area contributed by atoms with Gasteiger partial charge in [-0.25, -0.2) is 0 Å². The smallest absolute Gasteiger partial charge is 0.215 e. The third-order valence-electron chi connectivity index (χ3n) is 6.41. The molecule has 0 N–H and O–H groups in total. The van der Waals surface area contributed by atoms with Crippen LogP contribution in [0.1, 0.15) is 25.0 Å². The lowest BCUT2D eigenvalue weighted by Gasteiger charge is -2.39. The van der Waals surface area contributed by atoms with Crippen LogP contribution in [0.25, 0.3) is 16.8 Å². The second-order valence-electron chi connectivity index (χ2n) is 8.59. The van der Waals surface area contributed by atoms with Crippen LogP contribution in [0.2, 0.25) is 0 Å². The van der Waals surface area contributed by atoms with E-state index in [1.54, 1.807) is 0 Å². The second kappa shape index (κ2) is 6.15. The number of hydrogen-bond donors (Lipinski definition) is 0. The van der Waals surface area contributed by atoms with Crippen molar-refractivity contribution in [2.24, 2.45) is 0 Å². The third-order valence-corrected chi connectivity index (χ3v) is 6.41. The fourth-order valence-corrected chi connectivity index (χ4v) is 4.79. The number of hydrogen-bond acceptors (Lipinski definition) is 3. The van der Waals surface area contributed by atoms with E-state index >= 15 is 0 Å². The van der Waals surface area contributed by atoms with Gasteiger partial charge >= 0.3 is 0 Å². The van der Waals surface area contributed by atoms with Crippen molar-refractivity contribution in [1.29, 1.82) is 0 Å². The van der Waals surface area contributed by atoms with E-state index in [1.807, 2.05) is 6.26 Å². The van der Waals surface area contributed by atoms with Gasteiger partial charge in [0.15, 0.2) is 0 Å². The van der Waals surface area contributed by atoms with E-state index in [0.29, 0.717) is 0 Å². The Morgan fingerprint density at radius 2 is 1.69 bits per heavy atom. The minimum Gasteiger partial charge on any atom is -0.469 e. The van der Waals surface area contributed by atoms with Gasteiger partial charge in [-0.3, -0.25) is 0 Å². The number of fused-ring (bicyclic) bond motifs is 5. The summed E-state index contributed by atoms with van der Waals surface area (Å²) in [6, 6.07) is 21.6. The Balaban J connectivity index is 1.61. The molecule has 146 valence electrons. The van der Waals surface area contributed by atoms with Crippen LogP contribution in [0.3, 0.4) is 0 Å².